The molecule has 0 aliphatic carbocycles. The van der Waals surface area contributed by atoms with Crippen molar-refractivity contribution in [2.45, 2.75) is 56.7 Å². The van der Waals surface area contributed by atoms with Crippen LogP contribution in [0.4, 0.5) is 0 Å². The van der Waals surface area contributed by atoms with Crippen LogP contribution in [0.25, 0.3) is 0 Å². The molecular formula is C20H43N7O3S. The first kappa shape index (κ1) is 29.8. The highest BCUT2D eigenvalue weighted by molar-refractivity contribution is 7.99. The molecule has 0 saturated carbocycles. The standard InChI is InChI=1S/C20H43N7O3S/c21-10-5-1-3-7-17(28)25-12-14-27(19(30)9-16-31-20(23)24)15-13-26-18(29)8-4-2-6-11-22/h1,3,17,20,25,28H,2,4-16,21-24H2,(H,26,29)/b3-1+. The Bertz CT molecular complexity index is 495. The first-order valence-corrected chi connectivity index (χ1v) is 12.1. The zero-order valence-corrected chi connectivity index (χ0v) is 19.5. The summed E-state index contributed by atoms with van der Waals surface area (Å²) in [6, 6.07) is 0. The fourth-order valence-electron chi connectivity index (χ4n) is 2.72. The van der Waals surface area contributed by atoms with Gasteiger partial charge in [-0.25, -0.2) is 0 Å². The summed E-state index contributed by atoms with van der Waals surface area (Å²) in [7, 11) is 0. The summed E-state index contributed by atoms with van der Waals surface area (Å²) in [6.45, 7) is 2.87. The van der Waals surface area contributed by atoms with Crippen molar-refractivity contribution in [1.82, 2.24) is 15.5 Å². The number of nitrogens with one attached hydrogen (secondary N) is 2. The minimum Gasteiger partial charge on any atom is -0.378 e. The predicted octanol–water partition coefficient (Wildman–Crippen LogP) is -1.02. The third kappa shape index (κ3) is 19.2. The lowest BCUT2D eigenvalue weighted by atomic mass is 10.2. The number of hydrogen-bond donors (Lipinski definition) is 7. The summed E-state index contributed by atoms with van der Waals surface area (Å²) in [6.07, 6.45) is 7.80. The molecule has 0 fully saturated rings. The van der Waals surface area contributed by atoms with Crippen molar-refractivity contribution < 1.29 is 14.7 Å². The molecule has 2 amide bonds. The highest BCUT2D eigenvalue weighted by Crippen LogP contribution is 2.05. The SMILES string of the molecule is NCC/C=C/CC(O)NCCN(CCNC(=O)CCCCCN)C(=O)CCSC(N)N. The van der Waals surface area contributed by atoms with Gasteiger partial charge in [0.1, 0.15) is 11.7 Å². The minimum absolute atomic E-state index is 0.0214. The Morgan fingerprint density at radius 1 is 1.00 bits per heavy atom. The molecule has 11 heteroatoms. The number of rotatable bonds is 20. The fourth-order valence-corrected chi connectivity index (χ4v) is 3.28. The molecule has 11 N–H and O–H groups in total. The van der Waals surface area contributed by atoms with Gasteiger partial charge in [-0.3, -0.25) is 14.9 Å². The van der Waals surface area contributed by atoms with Gasteiger partial charge in [-0.15, -0.1) is 11.8 Å². The average Bonchev–Trinajstić information content (AvgIpc) is 2.73. The average molecular weight is 462 g/mol. The molecule has 1 unspecified atom stereocenters. The lowest BCUT2D eigenvalue weighted by molar-refractivity contribution is -0.131. The summed E-state index contributed by atoms with van der Waals surface area (Å²) in [4.78, 5) is 26.2. The second-order valence-electron chi connectivity index (χ2n) is 7.17. The largest absolute Gasteiger partial charge is 0.378 e. The molecule has 0 bridgehead atoms. The summed E-state index contributed by atoms with van der Waals surface area (Å²) < 4.78 is 0. The summed E-state index contributed by atoms with van der Waals surface area (Å²) in [5.74, 6) is 0.471. The van der Waals surface area contributed by atoms with E-state index in [0.717, 1.165) is 25.7 Å². The van der Waals surface area contributed by atoms with Crippen LogP contribution in [-0.2, 0) is 9.59 Å². The van der Waals surface area contributed by atoms with E-state index in [4.69, 9.17) is 22.9 Å². The monoisotopic (exact) mass is 461 g/mol. The smallest absolute Gasteiger partial charge is 0.223 e. The van der Waals surface area contributed by atoms with Gasteiger partial charge in [0.15, 0.2) is 0 Å². The second-order valence-corrected chi connectivity index (χ2v) is 8.46. The van der Waals surface area contributed by atoms with E-state index in [1.165, 1.54) is 11.8 Å². The topological polar surface area (TPSA) is 186 Å². The van der Waals surface area contributed by atoms with Gasteiger partial charge in [0.2, 0.25) is 11.8 Å². The molecule has 0 aromatic heterocycles. The van der Waals surface area contributed by atoms with Gasteiger partial charge in [-0.05, 0) is 32.4 Å². The molecule has 10 nitrogen and oxygen atoms in total. The molecule has 0 aromatic rings. The molecule has 0 aliphatic heterocycles. The molecule has 0 saturated heterocycles. The van der Waals surface area contributed by atoms with Gasteiger partial charge in [0, 0.05) is 51.2 Å². The van der Waals surface area contributed by atoms with Crippen LogP contribution >= 0.6 is 11.8 Å². The van der Waals surface area contributed by atoms with Gasteiger partial charge < -0.3 is 38.3 Å². The van der Waals surface area contributed by atoms with Gasteiger partial charge in [0.05, 0.1) is 0 Å². The first-order chi connectivity index (χ1) is 14.9. The van der Waals surface area contributed by atoms with Crippen molar-refractivity contribution in [2.24, 2.45) is 22.9 Å². The molecule has 0 aromatic carbocycles. The van der Waals surface area contributed by atoms with Crippen molar-refractivity contribution in [3.05, 3.63) is 12.2 Å². The zero-order valence-electron chi connectivity index (χ0n) is 18.6. The van der Waals surface area contributed by atoms with E-state index in [-0.39, 0.29) is 11.8 Å². The molecule has 0 radical (unpaired) electrons. The quantitative estimate of drug-likeness (QED) is 0.0676. The van der Waals surface area contributed by atoms with Gasteiger partial charge in [-0.1, -0.05) is 18.6 Å². The summed E-state index contributed by atoms with van der Waals surface area (Å²) in [5.41, 5.74) is 21.4. The number of thioether (sulfide) groups is 1. The molecule has 0 spiro atoms. The Kier molecular flexibility index (Phi) is 19.9. The van der Waals surface area contributed by atoms with E-state index < -0.39 is 11.7 Å². The maximum atomic E-state index is 12.6. The Balaban J connectivity index is 4.38. The highest BCUT2D eigenvalue weighted by Gasteiger charge is 2.14. The second kappa shape index (κ2) is 20.7. The third-order valence-corrected chi connectivity index (χ3v) is 5.24. The highest BCUT2D eigenvalue weighted by atomic mass is 32.2. The number of aliphatic hydroxyl groups is 1. The Morgan fingerprint density at radius 3 is 2.42 bits per heavy atom. The maximum Gasteiger partial charge on any atom is 0.223 e. The van der Waals surface area contributed by atoms with Gasteiger partial charge in [0.25, 0.3) is 0 Å². The molecule has 31 heavy (non-hydrogen) atoms. The fraction of sp³-hybridized carbons (Fsp3) is 0.800. The molecular weight excluding hydrogens is 418 g/mol. The Labute approximate surface area is 190 Å². The van der Waals surface area contributed by atoms with E-state index in [0.29, 0.717) is 64.3 Å². The number of carbonyl (C=O) groups is 2. The van der Waals surface area contributed by atoms with E-state index >= 15 is 0 Å². The van der Waals surface area contributed by atoms with E-state index in [1.54, 1.807) is 4.90 Å². The number of nitrogens with zero attached hydrogens (tertiary/aromatic N) is 1. The minimum atomic E-state index is -0.690. The summed E-state index contributed by atoms with van der Waals surface area (Å²) in [5, 5.41) is 15.8. The van der Waals surface area contributed by atoms with Gasteiger partial charge >= 0.3 is 0 Å². The number of unbranched alkanes of at least 4 members (excludes halogenated alkanes) is 2. The van der Waals surface area contributed by atoms with Crippen LogP contribution in [0.3, 0.4) is 0 Å². The van der Waals surface area contributed by atoms with E-state index in [1.807, 2.05) is 12.2 Å². The Morgan fingerprint density at radius 2 is 1.74 bits per heavy atom. The van der Waals surface area contributed by atoms with Crippen molar-refractivity contribution >= 4 is 23.6 Å². The van der Waals surface area contributed by atoms with Crippen LogP contribution in [0.5, 0.6) is 0 Å². The Hall–Kier alpha value is -1.21. The van der Waals surface area contributed by atoms with Crippen molar-refractivity contribution in [3.8, 4) is 0 Å². The molecule has 182 valence electrons. The number of nitrogens with two attached hydrogens (primary N) is 4. The van der Waals surface area contributed by atoms with Crippen molar-refractivity contribution in [3.63, 3.8) is 0 Å². The maximum absolute atomic E-state index is 12.6. The molecule has 0 aliphatic rings. The van der Waals surface area contributed by atoms with Crippen LogP contribution in [0.1, 0.15) is 44.9 Å². The van der Waals surface area contributed by atoms with Crippen LogP contribution < -0.4 is 33.6 Å². The molecule has 1 atom stereocenters. The number of carbonyl (C=O) groups excluding carboxylic acids is 2. The predicted molar refractivity (Wildman–Crippen MR) is 128 cm³/mol. The lowest BCUT2D eigenvalue weighted by Gasteiger charge is -2.24. The van der Waals surface area contributed by atoms with E-state index in [9.17, 15) is 14.7 Å². The van der Waals surface area contributed by atoms with Crippen molar-refractivity contribution in [2.75, 3.05) is 45.0 Å². The molecule has 0 heterocycles. The normalized spacial score (nSPS) is 12.5. The van der Waals surface area contributed by atoms with Crippen LogP contribution in [0.2, 0.25) is 0 Å². The number of amides is 2. The molecule has 0 rings (SSSR count). The third-order valence-electron chi connectivity index (χ3n) is 4.41. The summed E-state index contributed by atoms with van der Waals surface area (Å²) >= 11 is 1.32. The zero-order chi connectivity index (χ0) is 23.3. The first-order valence-electron chi connectivity index (χ1n) is 11.0. The number of hydrogen-bond acceptors (Lipinski definition) is 9. The van der Waals surface area contributed by atoms with Crippen molar-refractivity contribution in [1.29, 1.82) is 0 Å². The number of aliphatic hydroxyl groups excluding tert-OH is 1. The van der Waals surface area contributed by atoms with Crippen LogP contribution in [0, 0.1) is 0 Å². The van der Waals surface area contributed by atoms with Crippen LogP contribution in [0.15, 0.2) is 12.2 Å². The van der Waals surface area contributed by atoms with Gasteiger partial charge in [-0.2, -0.15) is 0 Å². The van der Waals surface area contributed by atoms with Crippen LogP contribution in [-0.4, -0.2) is 78.6 Å². The lowest BCUT2D eigenvalue weighted by Crippen LogP contribution is -2.43. The van der Waals surface area contributed by atoms with E-state index in [2.05, 4.69) is 10.6 Å².